The van der Waals surface area contributed by atoms with Gasteiger partial charge in [-0.05, 0) is 19.9 Å². The van der Waals surface area contributed by atoms with Crippen LogP contribution in [0.1, 0.15) is 12.5 Å². The Balaban J connectivity index is 0.000000496. The maximum absolute atomic E-state index is 12.2. The van der Waals surface area contributed by atoms with Gasteiger partial charge in [-0.2, -0.15) is 26.3 Å². The average molecular weight is 385 g/mol. The van der Waals surface area contributed by atoms with Crippen molar-refractivity contribution in [3.8, 4) is 0 Å². The lowest BCUT2D eigenvalue weighted by Gasteiger charge is -2.32. The molecule has 0 fully saturated rings. The van der Waals surface area contributed by atoms with Crippen LogP contribution in [-0.4, -0.2) is 36.7 Å². The fourth-order valence-electron chi connectivity index (χ4n) is 1.30. The normalized spacial score (nSPS) is 13.2. The Bertz CT molecular complexity index is 650. The summed E-state index contributed by atoms with van der Waals surface area (Å²) in [5.41, 5.74) is 1.32. The van der Waals surface area contributed by atoms with Crippen LogP contribution in [0.5, 0.6) is 0 Å². The minimum absolute atomic E-state index is 1.06. The van der Waals surface area contributed by atoms with Gasteiger partial charge in [-0.25, -0.2) is 17.4 Å². The molecule has 0 saturated carbocycles. The van der Waals surface area contributed by atoms with Crippen molar-refractivity contribution < 1.29 is 48.3 Å². The van der Waals surface area contributed by atoms with E-state index in [1.165, 1.54) is 5.56 Å². The number of hydrogen-bond donors (Lipinski definition) is 0. The number of alkyl halides is 7. The van der Waals surface area contributed by atoms with Gasteiger partial charge in [0.05, 0.1) is 0 Å². The second-order valence-electron chi connectivity index (χ2n) is 4.60. The van der Waals surface area contributed by atoms with Crippen molar-refractivity contribution in [2.75, 3.05) is 6.67 Å². The van der Waals surface area contributed by atoms with Gasteiger partial charge >= 0.3 is 17.1 Å². The number of nitrogens with zero attached hydrogens (tertiary/aromatic N) is 1. The SMILES string of the molecule is CC[n+]1cccc(C)c1.O=S(=O)([O-])C(F)(F)C(F)(F)C(F)(F)CF. The molecule has 0 aromatic carbocycles. The summed E-state index contributed by atoms with van der Waals surface area (Å²) in [6, 6.07) is 4.17. The molecule has 0 aliphatic heterocycles. The van der Waals surface area contributed by atoms with Gasteiger partial charge in [0.2, 0.25) is 0 Å². The van der Waals surface area contributed by atoms with E-state index in [0.717, 1.165) is 6.54 Å². The van der Waals surface area contributed by atoms with Gasteiger partial charge in [0, 0.05) is 11.6 Å². The molecule has 24 heavy (non-hydrogen) atoms. The number of halogens is 7. The molecular weight excluding hydrogens is 371 g/mol. The third kappa shape index (κ3) is 4.79. The van der Waals surface area contributed by atoms with E-state index < -0.39 is 33.9 Å². The maximum atomic E-state index is 12.2. The van der Waals surface area contributed by atoms with Crippen molar-refractivity contribution in [3.63, 3.8) is 0 Å². The van der Waals surface area contributed by atoms with Gasteiger partial charge in [0.1, 0.15) is 6.54 Å². The topological polar surface area (TPSA) is 61.1 Å². The van der Waals surface area contributed by atoms with Gasteiger partial charge < -0.3 is 4.55 Å². The van der Waals surface area contributed by atoms with E-state index in [1.54, 1.807) is 0 Å². The molecule has 140 valence electrons. The smallest absolute Gasteiger partial charge is 0.402 e. The largest absolute Gasteiger partial charge is 0.743 e. The van der Waals surface area contributed by atoms with Gasteiger partial charge in [-0.15, -0.1) is 0 Å². The number of pyridine rings is 1. The Morgan fingerprint density at radius 1 is 1.17 bits per heavy atom. The molecule has 0 saturated heterocycles. The quantitative estimate of drug-likeness (QED) is 0.445. The Morgan fingerprint density at radius 3 is 1.96 bits per heavy atom. The van der Waals surface area contributed by atoms with Crippen LogP contribution in [0.25, 0.3) is 0 Å². The van der Waals surface area contributed by atoms with Crippen molar-refractivity contribution in [3.05, 3.63) is 30.1 Å². The molecule has 0 atom stereocenters. The molecule has 0 unspecified atom stereocenters. The Labute approximate surface area is 133 Å². The zero-order valence-electron chi connectivity index (χ0n) is 12.4. The molecule has 1 rings (SSSR count). The highest BCUT2D eigenvalue weighted by atomic mass is 32.2. The predicted octanol–water partition coefficient (Wildman–Crippen LogP) is 2.67. The third-order valence-corrected chi connectivity index (χ3v) is 3.56. The minimum Gasteiger partial charge on any atom is -0.743 e. The van der Waals surface area contributed by atoms with E-state index in [1.807, 2.05) is 0 Å². The Kier molecular flexibility index (Phi) is 7.18. The highest BCUT2D eigenvalue weighted by molar-refractivity contribution is 7.86. The van der Waals surface area contributed by atoms with Gasteiger partial charge in [-0.1, -0.05) is 0 Å². The van der Waals surface area contributed by atoms with Crippen LogP contribution in [0, 0.1) is 6.92 Å². The van der Waals surface area contributed by atoms with Crippen LogP contribution in [0.2, 0.25) is 0 Å². The van der Waals surface area contributed by atoms with Crippen LogP contribution in [-0.2, 0) is 16.7 Å². The number of aromatic nitrogens is 1. The minimum atomic E-state index is -7.03. The first-order valence-electron chi connectivity index (χ1n) is 6.24. The molecule has 4 nitrogen and oxygen atoms in total. The maximum Gasteiger partial charge on any atom is 0.402 e. The molecule has 1 aromatic rings. The van der Waals surface area contributed by atoms with Gasteiger partial charge in [-0.3, -0.25) is 0 Å². The van der Waals surface area contributed by atoms with Crippen LogP contribution >= 0.6 is 0 Å². The third-order valence-electron chi connectivity index (χ3n) is 2.68. The average Bonchev–Trinajstić information content (AvgIpc) is 2.46. The molecule has 0 N–H and O–H groups in total. The molecule has 1 heterocycles. The monoisotopic (exact) mass is 385 g/mol. The van der Waals surface area contributed by atoms with E-state index in [4.69, 9.17) is 0 Å². The summed E-state index contributed by atoms with van der Waals surface area (Å²) in [6.07, 6.45) is 4.22. The summed E-state index contributed by atoms with van der Waals surface area (Å²) in [5.74, 6) is -12.6. The molecule has 0 aliphatic carbocycles. The summed E-state index contributed by atoms with van der Waals surface area (Å²) in [4.78, 5) is 0. The molecular formula is C12H14F7NO3S. The molecule has 1 aromatic heterocycles. The molecule has 0 bridgehead atoms. The van der Waals surface area contributed by atoms with E-state index in [9.17, 15) is 43.7 Å². The van der Waals surface area contributed by atoms with Gasteiger partial charge in [0.25, 0.3) is 0 Å². The molecule has 0 amide bonds. The lowest BCUT2D eigenvalue weighted by molar-refractivity contribution is -0.693. The van der Waals surface area contributed by atoms with Gasteiger partial charge in [0.15, 0.2) is 29.2 Å². The van der Waals surface area contributed by atoms with Crippen molar-refractivity contribution in [2.24, 2.45) is 0 Å². The zero-order chi connectivity index (χ0) is 19.4. The first-order valence-corrected chi connectivity index (χ1v) is 7.65. The number of rotatable bonds is 5. The zero-order valence-corrected chi connectivity index (χ0v) is 13.3. The van der Waals surface area contributed by atoms with Crippen LogP contribution in [0.4, 0.5) is 30.7 Å². The van der Waals surface area contributed by atoms with Crippen LogP contribution in [0.3, 0.4) is 0 Å². The fraction of sp³-hybridized carbons (Fsp3) is 0.583. The Hall–Kier alpha value is -1.43. The van der Waals surface area contributed by atoms with E-state index >= 15 is 0 Å². The van der Waals surface area contributed by atoms with Crippen LogP contribution in [0.15, 0.2) is 24.5 Å². The van der Waals surface area contributed by atoms with E-state index in [-0.39, 0.29) is 0 Å². The van der Waals surface area contributed by atoms with Crippen molar-refractivity contribution in [1.29, 1.82) is 0 Å². The lowest BCUT2D eigenvalue weighted by atomic mass is 10.2. The first kappa shape index (κ1) is 22.6. The van der Waals surface area contributed by atoms with E-state index in [2.05, 4.69) is 42.9 Å². The highest BCUT2D eigenvalue weighted by Gasteiger charge is 2.75. The molecule has 12 heteroatoms. The second kappa shape index (κ2) is 7.64. The highest BCUT2D eigenvalue weighted by Crippen LogP contribution is 2.48. The fourth-order valence-corrected chi connectivity index (χ4v) is 1.77. The number of aryl methyl sites for hydroxylation is 2. The van der Waals surface area contributed by atoms with E-state index in [0.29, 0.717) is 0 Å². The summed E-state index contributed by atoms with van der Waals surface area (Å²) < 4.78 is 115. The predicted molar refractivity (Wildman–Crippen MR) is 67.6 cm³/mol. The summed E-state index contributed by atoms with van der Waals surface area (Å²) in [5, 5.41) is -6.59. The molecule has 0 aliphatic rings. The summed E-state index contributed by atoms with van der Waals surface area (Å²) in [6.45, 7) is 2.07. The standard InChI is InChI=1S/C8H12N.C4H3F7O3S/c1-3-9-6-4-5-8(2)7-9;5-1-2(6,7)3(8,9)4(10,11)15(12,13)14/h4-7H,3H2,1-2H3;1H2,(H,12,13,14)/q+1;/p-1. The lowest BCUT2D eigenvalue weighted by Crippen LogP contribution is -2.58. The van der Waals surface area contributed by atoms with Crippen molar-refractivity contribution in [1.82, 2.24) is 0 Å². The first-order chi connectivity index (χ1) is 10.6. The van der Waals surface area contributed by atoms with Crippen LogP contribution < -0.4 is 4.57 Å². The summed E-state index contributed by atoms with van der Waals surface area (Å²) in [7, 11) is -7.03. The second-order valence-corrected chi connectivity index (χ2v) is 6.02. The summed E-state index contributed by atoms with van der Waals surface area (Å²) >= 11 is 0. The molecule has 0 radical (unpaired) electrons. The van der Waals surface area contributed by atoms with Crippen molar-refractivity contribution in [2.45, 2.75) is 37.5 Å². The molecule has 0 spiro atoms. The number of hydrogen-bond acceptors (Lipinski definition) is 3. The van der Waals surface area contributed by atoms with Crippen molar-refractivity contribution >= 4 is 10.1 Å². The Morgan fingerprint density at radius 2 is 1.67 bits per heavy atom.